The van der Waals surface area contributed by atoms with Gasteiger partial charge in [0.15, 0.2) is 6.61 Å². The summed E-state index contributed by atoms with van der Waals surface area (Å²) >= 11 is 3.28. The van der Waals surface area contributed by atoms with E-state index in [4.69, 9.17) is 14.6 Å². The van der Waals surface area contributed by atoms with E-state index >= 15 is 0 Å². The SMILES string of the molecule is COc1ccc(CNC(=O)/C(C#N)=C\c2ccc(OCC(=O)O)c(Br)c2)cc1. The fourth-order valence-corrected chi connectivity index (χ4v) is 2.71. The first-order chi connectivity index (χ1) is 13.4. The molecular weight excluding hydrogens is 428 g/mol. The van der Waals surface area contributed by atoms with Crippen molar-refractivity contribution in [2.45, 2.75) is 6.54 Å². The number of carbonyl (C=O) groups excluding carboxylic acids is 1. The largest absolute Gasteiger partial charge is 0.497 e. The van der Waals surface area contributed by atoms with Crippen molar-refractivity contribution < 1.29 is 24.2 Å². The number of methoxy groups -OCH3 is 1. The maximum Gasteiger partial charge on any atom is 0.341 e. The number of nitrogens with zero attached hydrogens (tertiary/aromatic N) is 1. The summed E-state index contributed by atoms with van der Waals surface area (Å²) in [6.45, 7) is -0.196. The number of halogens is 1. The third kappa shape index (κ3) is 6.14. The molecule has 2 N–H and O–H groups in total. The van der Waals surface area contributed by atoms with Crippen molar-refractivity contribution in [3.63, 3.8) is 0 Å². The summed E-state index contributed by atoms with van der Waals surface area (Å²) in [5, 5.41) is 20.6. The normalized spacial score (nSPS) is 10.7. The molecule has 0 saturated carbocycles. The lowest BCUT2D eigenvalue weighted by Gasteiger charge is -2.07. The lowest BCUT2D eigenvalue weighted by molar-refractivity contribution is -0.139. The minimum atomic E-state index is -1.09. The van der Waals surface area contributed by atoms with E-state index in [-0.39, 0.29) is 12.1 Å². The predicted octanol–water partition coefficient (Wildman–Crippen LogP) is 3.14. The number of nitrogens with one attached hydrogen (secondary N) is 1. The molecule has 2 aromatic carbocycles. The van der Waals surface area contributed by atoms with Crippen molar-refractivity contribution in [2.75, 3.05) is 13.7 Å². The summed E-state index contributed by atoms with van der Waals surface area (Å²) in [7, 11) is 1.57. The summed E-state index contributed by atoms with van der Waals surface area (Å²) in [5.74, 6) is -0.520. The average molecular weight is 445 g/mol. The standard InChI is InChI=1S/C20H17BrN2O5/c1-27-16-5-2-13(3-6-16)11-23-20(26)15(10-22)8-14-4-7-18(17(21)9-14)28-12-19(24)25/h2-9H,11-12H2,1H3,(H,23,26)(H,24,25)/b15-8-. The zero-order valence-electron chi connectivity index (χ0n) is 14.9. The molecule has 0 spiro atoms. The van der Waals surface area contributed by atoms with E-state index < -0.39 is 18.5 Å². The smallest absolute Gasteiger partial charge is 0.341 e. The zero-order chi connectivity index (χ0) is 20.5. The Balaban J connectivity index is 2.05. The number of ether oxygens (including phenoxy) is 2. The van der Waals surface area contributed by atoms with Crippen LogP contribution in [0, 0.1) is 11.3 Å². The van der Waals surface area contributed by atoms with Crippen LogP contribution in [0.3, 0.4) is 0 Å². The van der Waals surface area contributed by atoms with Crippen LogP contribution in [0.2, 0.25) is 0 Å². The van der Waals surface area contributed by atoms with Gasteiger partial charge in [-0.05, 0) is 57.4 Å². The first-order valence-electron chi connectivity index (χ1n) is 8.10. The molecule has 8 heteroatoms. The highest BCUT2D eigenvalue weighted by atomic mass is 79.9. The first-order valence-corrected chi connectivity index (χ1v) is 8.89. The molecule has 0 unspecified atom stereocenters. The van der Waals surface area contributed by atoms with Crippen molar-refractivity contribution in [3.05, 3.63) is 63.6 Å². The minimum absolute atomic E-state index is 0.0559. The van der Waals surface area contributed by atoms with Crippen LogP contribution in [0.4, 0.5) is 0 Å². The molecule has 28 heavy (non-hydrogen) atoms. The number of amides is 1. The molecular formula is C20H17BrN2O5. The van der Waals surface area contributed by atoms with Gasteiger partial charge in [-0.2, -0.15) is 5.26 Å². The Morgan fingerprint density at radius 1 is 1.25 bits per heavy atom. The van der Waals surface area contributed by atoms with Crippen LogP contribution in [0.15, 0.2) is 52.5 Å². The summed E-state index contributed by atoms with van der Waals surface area (Å²) in [4.78, 5) is 22.8. The fraction of sp³-hybridized carbons (Fsp3) is 0.150. The third-order valence-electron chi connectivity index (χ3n) is 3.60. The van der Waals surface area contributed by atoms with Crippen LogP contribution in [0.5, 0.6) is 11.5 Å². The van der Waals surface area contributed by atoms with Crippen molar-refractivity contribution in [3.8, 4) is 17.6 Å². The number of hydrogen-bond donors (Lipinski definition) is 2. The van der Waals surface area contributed by atoms with Crippen molar-refractivity contribution >= 4 is 33.9 Å². The van der Waals surface area contributed by atoms with Gasteiger partial charge in [0.1, 0.15) is 23.1 Å². The van der Waals surface area contributed by atoms with Gasteiger partial charge in [0.2, 0.25) is 0 Å². The molecule has 1 amide bonds. The molecule has 0 atom stereocenters. The molecule has 2 rings (SSSR count). The monoisotopic (exact) mass is 444 g/mol. The number of carbonyl (C=O) groups is 2. The summed E-state index contributed by atoms with van der Waals surface area (Å²) in [6, 6.07) is 13.9. The number of hydrogen-bond acceptors (Lipinski definition) is 5. The van der Waals surface area contributed by atoms with E-state index in [1.54, 1.807) is 37.4 Å². The fourth-order valence-electron chi connectivity index (χ4n) is 2.20. The summed E-state index contributed by atoms with van der Waals surface area (Å²) < 4.78 is 10.7. The maximum absolute atomic E-state index is 12.3. The van der Waals surface area contributed by atoms with Gasteiger partial charge in [-0.1, -0.05) is 18.2 Å². The average Bonchev–Trinajstić information content (AvgIpc) is 2.69. The molecule has 0 radical (unpaired) electrons. The van der Waals surface area contributed by atoms with Crippen LogP contribution >= 0.6 is 15.9 Å². The van der Waals surface area contributed by atoms with E-state index in [9.17, 15) is 14.9 Å². The van der Waals surface area contributed by atoms with Crippen LogP contribution < -0.4 is 14.8 Å². The highest BCUT2D eigenvalue weighted by molar-refractivity contribution is 9.10. The van der Waals surface area contributed by atoms with Gasteiger partial charge in [0.05, 0.1) is 11.6 Å². The van der Waals surface area contributed by atoms with Crippen molar-refractivity contribution in [2.24, 2.45) is 0 Å². The van der Waals surface area contributed by atoms with Crippen LogP contribution in [-0.4, -0.2) is 30.7 Å². The number of carboxylic acids is 1. The molecule has 0 fully saturated rings. The van der Waals surface area contributed by atoms with Crippen molar-refractivity contribution in [1.29, 1.82) is 5.26 Å². The Kier molecular flexibility index (Phi) is 7.60. The molecule has 0 saturated heterocycles. The van der Waals surface area contributed by atoms with Crippen LogP contribution in [0.25, 0.3) is 6.08 Å². The Hall–Kier alpha value is -3.31. The van der Waals surface area contributed by atoms with E-state index in [1.807, 2.05) is 18.2 Å². The number of carboxylic acid groups (broad SMARTS) is 1. The topological polar surface area (TPSA) is 109 Å². The van der Waals surface area contributed by atoms with Gasteiger partial charge in [-0.15, -0.1) is 0 Å². The van der Waals surface area contributed by atoms with E-state index in [1.165, 1.54) is 6.08 Å². The van der Waals surface area contributed by atoms with Gasteiger partial charge in [0.25, 0.3) is 5.91 Å². The Morgan fingerprint density at radius 2 is 1.96 bits per heavy atom. The summed E-state index contributed by atoms with van der Waals surface area (Å²) in [6.07, 6.45) is 1.44. The van der Waals surface area contributed by atoms with Crippen LogP contribution in [-0.2, 0) is 16.1 Å². The van der Waals surface area contributed by atoms with Gasteiger partial charge in [0, 0.05) is 6.54 Å². The lowest BCUT2D eigenvalue weighted by Crippen LogP contribution is -2.23. The van der Waals surface area contributed by atoms with Gasteiger partial charge in [-0.25, -0.2) is 4.79 Å². The number of rotatable bonds is 8. The number of nitriles is 1. The minimum Gasteiger partial charge on any atom is -0.497 e. The first kappa shape index (κ1) is 21.0. The zero-order valence-corrected chi connectivity index (χ0v) is 16.5. The number of benzene rings is 2. The quantitative estimate of drug-likeness (QED) is 0.478. The van der Waals surface area contributed by atoms with E-state index in [0.29, 0.717) is 21.5 Å². The second-order valence-electron chi connectivity index (χ2n) is 5.57. The molecule has 144 valence electrons. The van der Waals surface area contributed by atoms with Gasteiger partial charge in [-0.3, -0.25) is 4.79 Å². The van der Waals surface area contributed by atoms with Gasteiger partial charge >= 0.3 is 5.97 Å². The highest BCUT2D eigenvalue weighted by Gasteiger charge is 2.10. The molecule has 2 aromatic rings. The van der Waals surface area contributed by atoms with Crippen LogP contribution in [0.1, 0.15) is 11.1 Å². The Labute approximate surface area is 170 Å². The molecule has 7 nitrogen and oxygen atoms in total. The predicted molar refractivity (Wildman–Crippen MR) is 106 cm³/mol. The Bertz CT molecular complexity index is 933. The van der Waals surface area contributed by atoms with E-state index in [0.717, 1.165) is 5.56 Å². The molecule has 0 aliphatic carbocycles. The second kappa shape index (κ2) is 10.1. The number of aliphatic carboxylic acids is 1. The second-order valence-corrected chi connectivity index (χ2v) is 6.43. The Morgan fingerprint density at radius 3 is 2.54 bits per heavy atom. The highest BCUT2D eigenvalue weighted by Crippen LogP contribution is 2.27. The van der Waals surface area contributed by atoms with Gasteiger partial charge < -0.3 is 19.9 Å². The molecule has 0 heterocycles. The lowest BCUT2D eigenvalue weighted by atomic mass is 10.1. The summed E-state index contributed by atoms with van der Waals surface area (Å²) in [5.41, 5.74) is 1.40. The van der Waals surface area contributed by atoms with E-state index in [2.05, 4.69) is 21.2 Å². The molecule has 0 aliphatic rings. The molecule has 0 bridgehead atoms. The molecule has 0 aliphatic heterocycles. The third-order valence-corrected chi connectivity index (χ3v) is 4.21. The van der Waals surface area contributed by atoms with Crippen molar-refractivity contribution in [1.82, 2.24) is 5.32 Å². The molecule has 0 aromatic heterocycles. The maximum atomic E-state index is 12.3.